The average molecular weight is 537 g/mol. The van der Waals surface area contributed by atoms with Crippen LogP contribution in [0, 0.1) is 16.7 Å². The molecule has 0 amide bonds. The number of nitrogen functional groups attached to an aromatic ring is 1. The minimum Gasteiger partial charge on any atom is -0.492 e. The summed E-state index contributed by atoms with van der Waals surface area (Å²) in [5.74, 6) is 1.81. The van der Waals surface area contributed by atoms with E-state index in [-0.39, 0.29) is 11.7 Å². The van der Waals surface area contributed by atoms with Gasteiger partial charge in [-0.05, 0) is 36.6 Å². The molecule has 5 N–H and O–H groups in total. The summed E-state index contributed by atoms with van der Waals surface area (Å²) in [5.41, 5.74) is 8.07. The lowest BCUT2D eigenvalue weighted by atomic mass is 10.1. The van der Waals surface area contributed by atoms with Crippen LogP contribution >= 0.6 is 23.5 Å². The number of para-hydroxylation sites is 1. The van der Waals surface area contributed by atoms with Crippen molar-refractivity contribution in [1.29, 1.82) is 10.8 Å². The van der Waals surface area contributed by atoms with Crippen LogP contribution in [0.25, 0.3) is 0 Å². The largest absolute Gasteiger partial charge is 0.492 e. The lowest BCUT2D eigenvalue weighted by Gasteiger charge is -2.23. The topological polar surface area (TPSA) is 113 Å². The van der Waals surface area contributed by atoms with Crippen molar-refractivity contribution in [1.82, 2.24) is 5.32 Å². The zero-order valence-electron chi connectivity index (χ0n) is 21.2. The summed E-state index contributed by atoms with van der Waals surface area (Å²) in [6, 6.07) is 17.7. The standard InChI is InChI=1S/C28H32N4O3S2/c1-17(2)13-14-34-23-21-22(28(31)32-27(21)30)24(35-16-15-33-3)26(37-20-12-8-7-11-19(20)29)25(23)36-18-9-5-4-6-10-18/h4-12,17H,13-16,29H2,1-3H3,(H3,30,31,32). The molecule has 0 radical (unpaired) electrons. The predicted octanol–water partition coefficient (Wildman–Crippen LogP) is 6.28. The molecule has 0 aromatic heterocycles. The fourth-order valence-electron chi connectivity index (χ4n) is 3.76. The molecule has 4 rings (SSSR count). The van der Waals surface area contributed by atoms with E-state index in [1.54, 1.807) is 18.9 Å². The molecule has 1 aliphatic rings. The first-order chi connectivity index (χ1) is 17.9. The number of ether oxygens (including phenoxy) is 3. The quantitative estimate of drug-likeness (QED) is 0.159. The van der Waals surface area contributed by atoms with Gasteiger partial charge < -0.3 is 25.3 Å². The van der Waals surface area contributed by atoms with Gasteiger partial charge in [-0.3, -0.25) is 10.8 Å². The zero-order valence-corrected chi connectivity index (χ0v) is 22.9. The second kappa shape index (κ2) is 12.4. The van der Waals surface area contributed by atoms with E-state index in [0.717, 1.165) is 26.0 Å². The van der Waals surface area contributed by atoms with Crippen molar-refractivity contribution in [2.24, 2.45) is 5.92 Å². The summed E-state index contributed by atoms with van der Waals surface area (Å²) >= 11 is 3.04. The van der Waals surface area contributed by atoms with E-state index in [9.17, 15) is 0 Å². The van der Waals surface area contributed by atoms with Gasteiger partial charge in [0.25, 0.3) is 0 Å². The van der Waals surface area contributed by atoms with E-state index < -0.39 is 0 Å². The molecular formula is C28H32N4O3S2. The highest BCUT2D eigenvalue weighted by atomic mass is 32.2. The Morgan fingerprint density at radius 1 is 0.811 bits per heavy atom. The van der Waals surface area contributed by atoms with Crippen molar-refractivity contribution >= 4 is 40.9 Å². The molecule has 0 spiro atoms. The van der Waals surface area contributed by atoms with Gasteiger partial charge in [0.15, 0.2) is 0 Å². The number of anilines is 1. The molecule has 0 unspecified atom stereocenters. The fraction of sp³-hybridized carbons (Fsp3) is 0.286. The first-order valence-electron chi connectivity index (χ1n) is 12.1. The maximum Gasteiger partial charge on any atom is 0.146 e. The van der Waals surface area contributed by atoms with Crippen LogP contribution in [0.15, 0.2) is 74.2 Å². The molecule has 1 aliphatic heterocycles. The molecule has 37 heavy (non-hydrogen) atoms. The highest BCUT2D eigenvalue weighted by molar-refractivity contribution is 8.02. The maximum atomic E-state index is 8.69. The van der Waals surface area contributed by atoms with Gasteiger partial charge in [-0.2, -0.15) is 0 Å². The van der Waals surface area contributed by atoms with Crippen LogP contribution in [-0.4, -0.2) is 38.6 Å². The van der Waals surface area contributed by atoms with Crippen molar-refractivity contribution < 1.29 is 14.2 Å². The van der Waals surface area contributed by atoms with Gasteiger partial charge in [0.05, 0.1) is 34.1 Å². The molecule has 0 atom stereocenters. The summed E-state index contributed by atoms with van der Waals surface area (Å²) in [5, 5.41) is 20.2. The SMILES string of the molecule is COCCOc1c(Sc2ccccc2N)c(Sc2ccccc2)c(OCCC(C)C)c2c1C(=N)NC2=N. The third-order valence-corrected chi connectivity index (χ3v) is 8.06. The van der Waals surface area contributed by atoms with Gasteiger partial charge in [-0.1, -0.05) is 67.7 Å². The summed E-state index contributed by atoms with van der Waals surface area (Å²) in [7, 11) is 1.62. The van der Waals surface area contributed by atoms with E-state index in [2.05, 4.69) is 19.2 Å². The van der Waals surface area contributed by atoms with E-state index in [1.807, 2.05) is 54.6 Å². The van der Waals surface area contributed by atoms with E-state index in [0.29, 0.717) is 54.1 Å². The first kappa shape index (κ1) is 26.9. The minimum absolute atomic E-state index is 0.111. The number of fused-ring (bicyclic) bond motifs is 1. The van der Waals surface area contributed by atoms with E-state index >= 15 is 0 Å². The van der Waals surface area contributed by atoms with E-state index in [4.69, 9.17) is 30.8 Å². The van der Waals surface area contributed by atoms with Gasteiger partial charge in [-0.25, -0.2) is 0 Å². The van der Waals surface area contributed by atoms with Crippen molar-refractivity contribution in [2.75, 3.05) is 32.7 Å². The molecule has 3 aromatic rings. The van der Waals surface area contributed by atoms with Crippen molar-refractivity contribution in [3.63, 3.8) is 0 Å². The average Bonchev–Trinajstić information content (AvgIpc) is 3.17. The molecule has 0 saturated carbocycles. The van der Waals surface area contributed by atoms with Crippen molar-refractivity contribution in [3.05, 3.63) is 65.7 Å². The van der Waals surface area contributed by atoms with Crippen LogP contribution in [0.1, 0.15) is 31.4 Å². The summed E-state index contributed by atoms with van der Waals surface area (Å²) < 4.78 is 18.0. The van der Waals surface area contributed by atoms with Crippen LogP contribution in [0.3, 0.4) is 0 Å². The summed E-state index contributed by atoms with van der Waals surface area (Å²) in [6.45, 7) is 5.48. The Hall–Kier alpha value is -3.14. The molecule has 7 nitrogen and oxygen atoms in total. The number of amidine groups is 2. The number of rotatable bonds is 12. The van der Waals surface area contributed by atoms with Gasteiger partial charge in [0, 0.05) is 22.6 Å². The molecule has 0 aliphatic carbocycles. The Kier molecular flexibility index (Phi) is 9.02. The van der Waals surface area contributed by atoms with Crippen molar-refractivity contribution in [2.45, 2.75) is 39.9 Å². The number of methoxy groups -OCH3 is 1. The molecule has 0 fully saturated rings. The lowest BCUT2D eigenvalue weighted by molar-refractivity contribution is 0.144. The Labute approximate surface area is 226 Å². The molecule has 194 valence electrons. The second-order valence-corrected chi connectivity index (χ2v) is 11.0. The third-order valence-electron chi connectivity index (χ3n) is 5.64. The Balaban J connectivity index is 1.97. The van der Waals surface area contributed by atoms with Crippen LogP contribution in [0.5, 0.6) is 11.5 Å². The molecule has 9 heteroatoms. The Morgan fingerprint density at radius 2 is 1.41 bits per heavy atom. The van der Waals surface area contributed by atoms with Crippen LogP contribution < -0.4 is 20.5 Å². The number of nitrogens with two attached hydrogens (primary N) is 1. The Bertz CT molecular complexity index is 1280. The molecule has 1 heterocycles. The molecule has 0 bridgehead atoms. The van der Waals surface area contributed by atoms with E-state index in [1.165, 1.54) is 11.8 Å². The van der Waals surface area contributed by atoms with Crippen LogP contribution in [0.4, 0.5) is 5.69 Å². The van der Waals surface area contributed by atoms with Crippen LogP contribution in [0.2, 0.25) is 0 Å². The molecular weight excluding hydrogens is 504 g/mol. The maximum absolute atomic E-state index is 8.69. The van der Waals surface area contributed by atoms with Crippen molar-refractivity contribution in [3.8, 4) is 11.5 Å². The third kappa shape index (κ3) is 6.23. The highest BCUT2D eigenvalue weighted by Crippen LogP contribution is 2.53. The Morgan fingerprint density at radius 3 is 2.03 bits per heavy atom. The highest BCUT2D eigenvalue weighted by Gasteiger charge is 2.36. The van der Waals surface area contributed by atoms with Gasteiger partial charge in [0.2, 0.25) is 0 Å². The van der Waals surface area contributed by atoms with Crippen LogP contribution in [-0.2, 0) is 4.74 Å². The predicted molar refractivity (Wildman–Crippen MR) is 151 cm³/mol. The van der Waals surface area contributed by atoms with Gasteiger partial charge in [-0.15, -0.1) is 0 Å². The fourth-order valence-corrected chi connectivity index (χ4v) is 5.97. The zero-order chi connectivity index (χ0) is 26.4. The minimum atomic E-state index is 0.111. The number of nitrogens with one attached hydrogen (secondary N) is 3. The van der Waals surface area contributed by atoms with Gasteiger partial charge in [0.1, 0.15) is 29.8 Å². The smallest absolute Gasteiger partial charge is 0.146 e. The van der Waals surface area contributed by atoms with Gasteiger partial charge >= 0.3 is 0 Å². The summed E-state index contributed by atoms with van der Waals surface area (Å²) in [6.07, 6.45) is 0.864. The number of benzene rings is 3. The second-order valence-electron chi connectivity index (χ2n) is 8.87. The number of hydrogen-bond donors (Lipinski definition) is 4. The normalized spacial score (nSPS) is 12.5. The molecule has 0 saturated heterocycles. The molecule has 3 aromatic carbocycles. The lowest BCUT2D eigenvalue weighted by Crippen LogP contribution is -2.20. The summed E-state index contributed by atoms with van der Waals surface area (Å²) in [4.78, 5) is 3.52. The first-order valence-corrected chi connectivity index (χ1v) is 13.7. The number of hydrogen-bond acceptors (Lipinski definition) is 8. The monoisotopic (exact) mass is 536 g/mol.